The number of hydrogen-bond donors (Lipinski definition) is 0. The van der Waals surface area contributed by atoms with E-state index in [1.54, 1.807) is 6.07 Å². The van der Waals surface area contributed by atoms with Gasteiger partial charge in [-0.1, -0.05) is 11.6 Å². The smallest absolute Gasteiger partial charge is 0.157 e. The molecule has 4 heterocycles. The van der Waals surface area contributed by atoms with Crippen molar-refractivity contribution >= 4 is 27.3 Å². The van der Waals surface area contributed by atoms with Crippen molar-refractivity contribution in [3.63, 3.8) is 0 Å². The molecule has 0 N–H and O–H groups in total. The van der Waals surface area contributed by atoms with Gasteiger partial charge >= 0.3 is 0 Å². The summed E-state index contributed by atoms with van der Waals surface area (Å²) in [5, 5.41) is 0.334. The maximum absolute atomic E-state index is 12.7. The first kappa shape index (κ1) is 17.5. The van der Waals surface area contributed by atoms with Crippen LogP contribution in [0, 0.1) is 0 Å². The molecule has 0 saturated carbocycles. The van der Waals surface area contributed by atoms with Gasteiger partial charge in [0, 0.05) is 32.6 Å². The molecule has 25 heavy (non-hydrogen) atoms. The second kappa shape index (κ2) is 6.37. The summed E-state index contributed by atoms with van der Waals surface area (Å²) in [7, 11) is -3.32. The molecule has 8 heteroatoms. The number of hydrogen-bond acceptors (Lipinski definition) is 6. The van der Waals surface area contributed by atoms with Crippen LogP contribution in [-0.4, -0.2) is 58.2 Å². The first-order chi connectivity index (χ1) is 11.9. The van der Waals surface area contributed by atoms with Crippen molar-refractivity contribution in [2.24, 2.45) is 0 Å². The Hall–Kier alpha value is -0.890. The lowest BCUT2D eigenvalue weighted by atomic mass is 9.91. The lowest BCUT2D eigenvalue weighted by Gasteiger charge is -2.37. The van der Waals surface area contributed by atoms with Gasteiger partial charge in [-0.15, -0.1) is 0 Å². The zero-order chi connectivity index (χ0) is 17.7. The van der Waals surface area contributed by atoms with E-state index < -0.39 is 14.6 Å². The van der Waals surface area contributed by atoms with E-state index in [0.29, 0.717) is 31.2 Å². The molecule has 0 spiro atoms. The standard InChI is InChI=1S/C17H23ClN2O4S/c1-25(21,22)17(4-6-23-7-5-17)12-8-15(18)19-16(9-12)20-10-13-2-3-14(11-20)24-13/h8-9,13-14H,2-7,10-11H2,1H3. The molecule has 3 saturated heterocycles. The summed E-state index contributed by atoms with van der Waals surface area (Å²) in [5.41, 5.74) is 0.729. The molecule has 6 nitrogen and oxygen atoms in total. The van der Waals surface area contributed by atoms with E-state index in [2.05, 4.69) is 9.88 Å². The minimum Gasteiger partial charge on any atom is -0.381 e. The van der Waals surface area contributed by atoms with Crippen molar-refractivity contribution in [1.29, 1.82) is 0 Å². The van der Waals surface area contributed by atoms with Gasteiger partial charge in [0.15, 0.2) is 9.84 Å². The number of halogens is 1. The number of morpholine rings is 1. The Balaban J connectivity index is 1.74. The van der Waals surface area contributed by atoms with Crippen molar-refractivity contribution in [2.75, 3.05) is 37.5 Å². The molecule has 1 aromatic heterocycles. The number of rotatable bonds is 3. The van der Waals surface area contributed by atoms with Crippen LogP contribution in [0.2, 0.25) is 5.15 Å². The molecule has 0 radical (unpaired) electrons. The zero-order valence-electron chi connectivity index (χ0n) is 14.3. The lowest BCUT2D eigenvalue weighted by molar-refractivity contribution is 0.0302. The van der Waals surface area contributed by atoms with Gasteiger partial charge in [0.1, 0.15) is 15.7 Å². The fourth-order valence-corrected chi connectivity index (χ4v) is 5.94. The highest BCUT2D eigenvalue weighted by Gasteiger charge is 2.45. The molecule has 0 amide bonds. The number of anilines is 1. The monoisotopic (exact) mass is 386 g/mol. The topological polar surface area (TPSA) is 68.7 Å². The molecular weight excluding hydrogens is 364 g/mol. The minimum absolute atomic E-state index is 0.231. The zero-order valence-corrected chi connectivity index (χ0v) is 15.9. The van der Waals surface area contributed by atoms with Crippen LogP contribution in [0.15, 0.2) is 12.1 Å². The van der Waals surface area contributed by atoms with Crippen molar-refractivity contribution in [3.8, 4) is 0 Å². The van der Waals surface area contributed by atoms with Crippen molar-refractivity contribution in [2.45, 2.75) is 42.6 Å². The summed E-state index contributed by atoms with van der Waals surface area (Å²) >= 11 is 6.29. The Bertz CT molecular complexity index is 752. The average molecular weight is 387 g/mol. The number of fused-ring (bicyclic) bond motifs is 2. The van der Waals surface area contributed by atoms with E-state index in [4.69, 9.17) is 21.1 Å². The van der Waals surface area contributed by atoms with E-state index in [1.165, 1.54) is 6.26 Å². The molecule has 2 unspecified atom stereocenters. The molecule has 0 aliphatic carbocycles. The number of sulfone groups is 1. The molecule has 3 fully saturated rings. The molecule has 138 valence electrons. The number of aromatic nitrogens is 1. The molecular formula is C17H23ClN2O4S. The lowest BCUT2D eigenvalue weighted by Crippen LogP contribution is -2.44. The van der Waals surface area contributed by atoms with E-state index >= 15 is 0 Å². The third kappa shape index (κ3) is 3.16. The van der Waals surface area contributed by atoms with E-state index in [-0.39, 0.29) is 12.2 Å². The van der Waals surface area contributed by atoms with Crippen LogP contribution in [0.1, 0.15) is 31.2 Å². The Morgan fingerprint density at radius 2 is 1.84 bits per heavy atom. The molecule has 3 aliphatic rings. The van der Waals surface area contributed by atoms with Crippen LogP contribution >= 0.6 is 11.6 Å². The number of nitrogens with zero attached hydrogens (tertiary/aromatic N) is 2. The predicted molar refractivity (Wildman–Crippen MR) is 95.9 cm³/mol. The normalized spacial score (nSPS) is 29.0. The SMILES string of the molecule is CS(=O)(=O)C1(c2cc(Cl)nc(N3CC4CCC(C3)O4)c2)CCOCC1. The van der Waals surface area contributed by atoms with Crippen LogP contribution in [0.5, 0.6) is 0 Å². The Morgan fingerprint density at radius 1 is 1.20 bits per heavy atom. The summed E-state index contributed by atoms with van der Waals surface area (Å²) in [4.78, 5) is 6.65. The molecule has 3 aliphatic heterocycles. The highest BCUT2D eigenvalue weighted by atomic mass is 35.5. The third-order valence-corrected chi connectivity index (χ3v) is 7.94. The van der Waals surface area contributed by atoms with Gasteiger partial charge in [0.05, 0.1) is 12.2 Å². The van der Waals surface area contributed by atoms with Gasteiger partial charge in [-0.2, -0.15) is 0 Å². The van der Waals surface area contributed by atoms with Gasteiger partial charge in [0.25, 0.3) is 0 Å². The third-order valence-electron chi connectivity index (χ3n) is 5.68. The molecule has 2 bridgehead atoms. The Labute approximate surface area is 153 Å². The van der Waals surface area contributed by atoms with Crippen LogP contribution in [0.25, 0.3) is 0 Å². The average Bonchev–Trinajstić information content (AvgIpc) is 2.92. The first-order valence-electron chi connectivity index (χ1n) is 8.73. The Kier molecular flexibility index (Phi) is 4.46. The van der Waals surface area contributed by atoms with Crippen molar-refractivity contribution < 1.29 is 17.9 Å². The first-order valence-corrected chi connectivity index (χ1v) is 11.0. The summed E-state index contributed by atoms with van der Waals surface area (Å²) in [5.74, 6) is 0.747. The van der Waals surface area contributed by atoms with Gasteiger partial charge in [0.2, 0.25) is 0 Å². The van der Waals surface area contributed by atoms with Gasteiger partial charge < -0.3 is 14.4 Å². The predicted octanol–water partition coefficient (Wildman–Crippen LogP) is 2.15. The van der Waals surface area contributed by atoms with E-state index in [1.807, 2.05) is 6.07 Å². The van der Waals surface area contributed by atoms with Crippen molar-refractivity contribution in [3.05, 3.63) is 22.8 Å². The molecule has 0 aromatic carbocycles. The maximum atomic E-state index is 12.7. The quantitative estimate of drug-likeness (QED) is 0.741. The van der Waals surface area contributed by atoms with Crippen LogP contribution in [-0.2, 0) is 24.1 Å². The molecule has 2 atom stereocenters. The van der Waals surface area contributed by atoms with Gasteiger partial charge in [-0.25, -0.2) is 13.4 Å². The molecule has 4 rings (SSSR count). The maximum Gasteiger partial charge on any atom is 0.157 e. The molecule has 1 aromatic rings. The van der Waals surface area contributed by atoms with Gasteiger partial charge in [-0.05, 0) is 43.4 Å². The number of ether oxygens (including phenoxy) is 2. The summed E-state index contributed by atoms with van der Waals surface area (Å²) in [6.07, 6.45) is 4.80. The summed E-state index contributed by atoms with van der Waals surface area (Å²) in [6.45, 7) is 2.42. The van der Waals surface area contributed by atoms with Crippen LogP contribution in [0.4, 0.5) is 5.82 Å². The van der Waals surface area contributed by atoms with Crippen molar-refractivity contribution in [1.82, 2.24) is 4.98 Å². The summed E-state index contributed by atoms with van der Waals surface area (Å²) in [6, 6.07) is 3.61. The Morgan fingerprint density at radius 3 is 2.44 bits per heavy atom. The highest BCUT2D eigenvalue weighted by molar-refractivity contribution is 7.91. The minimum atomic E-state index is -3.32. The second-order valence-corrected chi connectivity index (χ2v) is 9.99. The fraction of sp³-hybridized carbons (Fsp3) is 0.706. The van der Waals surface area contributed by atoms with E-state index in [0.717, 1.165) is 37.3 Å². The van der Waals surface area contributed by atoms with Crippen LogP contribution in [0.3, 0.4) is 0 Å². The number of pyridine rings is 1. The van der Waals surface area contributed by atoms with Gasteiger partial charge in [-0.3, -0.25) is 0 Å². The second-order valence-electron chi connectivity index (χ2n) is 7.28. The highest BCUT2D eigenvalue weighted by Crippen LogP contribution is 2.41. The fourth-order valence-electron chi connectivity index (χ4n) is 4.28. The van der Waals surface area contributed by atoms with E-state index in [9.17, 15) is 8.42 Å². The largest absolute Gasteiger partial charge is 0.381 e. The van der Waals surface area contributed by atoms with Crippen LogP contribution < -0.4 is 4.90 Å². The summed E-state index contributed by atoms with van der Waals surface area (Å²) < 4.78 is 35.7.